The Morgan fingerprint density at radius 3 is 2.79 bits per heavy atom. The number of hydrogen-bond donors (Lipinski definition) is 3. The number of nitrogens with one attached hydrogen (secondary N) is 2. The molecule has 24 heavy (non-hydrogen) atoms. The summed E-state index contributed by atoms with van der Waals surface area (Å²) >= 11 is 0. The van der Waals surface area contributed by atoms with Gasteiger partial charge in [0, 0.05) is 19.4 Å². The molecular weight excluding hydrogens is 310 g/mol. The zero-order valence-corrected chi connectivity index (χ0v) is 14.0. The van der Waals surface area contributed by atoms with Gasteiger partial charge in [0.05, 0.1) is 12.3 Å². The maximum atomic E-state index is 11.6. The van der Waals surface area contributed by atoms with Crippen LogP contribution in [0.4, 0.5) is 4.79 Å². The Balaban J connectivity index is 1.70. The molecule has 1 aromatic carbocycles. The third-order valence-electron chi connectivity index (χ3n) is 3.92. The van der Waals surface area contributed by atoms with Crippen molar-refractivity contribution < 1.29 is 19.5 Å². The molecule has 1 aromatic rings. The van der Waals surface area contributed by atoms with Gasteiger partial charge in [-0.3, -0.25) is 4.79 Å². The lowest BCUT2D eigenvalue weighted by Gasteiger charge is -2.11. The summed E-state index contributed by atoms with van der Waals surface area (Å²) in [6.45, 7) is 4.80. The van der Waals surface area contributed by atoms with Crippen LogP contribution in [0.3, 0.4) is 0 Å². The predicted octanol–water partition coefficient (Wildman–Crippen LogP) is 1.96. The lowest BCUT2D eigenvalue weighted by Crippen LogP contribution is -2.40. The highest BCUT2D eigenvalue weighted by molar-refractivity contribution is 6.01. The van der Waals surface area contributed by atoms with Gasteiger partial charge in [0.25, 0.3) is 0 Å². The molecule has 0 saturated carbocycles. The number of amides is 2. The Bertz CT molecular complexity index is 643. The van der Waals surface area contributed by atoms with Crippen molar-refractivity contribution >= 4 is 17.7 Å². The molecule has 1 unspecified atom stereocenters. The minimum Gasteiger partial charge on any atom is -0.481 e. The van der Waals surface area contributed by atoms with Gasteiger partial charge in [-0.1, -0.05) is 17.3 Å². The van der Waals surface area contributed by atoms with Gasteiger partial charge in [-0.25, -0.2) is 4.79 Å². The minimum absolute atomic E-state index is 0.0409. The molecule has 130 valence electrons. The molecule has 1 atom stereocenters. The number of carboxylic acids is 1. The smallest absolute Gasteiger partial charge is 0.314 e. The van der Waals surface area contributed by atoms with E-state index in [1.807, 2.05) is 6.07 Å². The monoisotopic (exact) mass is 333 g/mol. The molecule has 0 radical (unpaired) electrons. The second-order valence-electron chi connectivity index (χ2n) is 5.90. The van der Waals surface area contributed by atoms with Gasteiger partial charge in [0.1, 0.15) is 0 Å². The van der Waals surface area contributed by atoms with E-state index in [4.69, 9.17) is 9.94 Å². The summed E-state index contributed by atoms with van der Waals surface area (Å²) in [4.78, 5) is 27.4. The Labute approximate surface area is 141 Å². The first-order valence-corrected chi connectivity index (χ1v) is 7.99. The maximum Gasteiger partial charge on any atom is 0.314 e. The predicted molar refractivity (Wildman–Crippen MR) is 90.2 cm³/mol. The number of hydrogen-bond acceptors (Lipinski definition) is 4. The van der Waals surface area contributed by atoms with Crippen molar-refractivity contribution in [3.05, 3.63) is 34.9 Å². The highest BCUT2D eigenvalue weighted by atomic mass is 16.6. The average Bonchev–Trinajstić information content (AvgIpc) is 3.01. The zero-order valence-electron chi connectivity index (χ0n) is 14.0. The Morgan fingerprint density at radius 1 is 1.29 bits per heavy atom. The fourth-order valence-electron chi connectivity index (χ4n) is 2.34. The number of carboxylic acid groups (broad SMARTS) is 1. The van der Waals surface area contributed by atoms with E-state index >= 15 is 0 Å². The summed E-state index contributed by atoms with van der Waals surface area (Å²) < 4.78 is 0. The summed E-state index contributed by atoms with van der Waals surface area (Å²) in [7, 11) is 0. The van der Waals surface area contributed by atoms with Crippen molar-refractivity contribution in [3.63, 3.8) is 0 Å². The van der Waals surface area contributed by atoms with Crippen LogP contribution in [0.5, 0.6) is 0 Å². The van der Waals surface area contributed by atoms with Crippen molar-refractivity contribution in [1.29, 1.82) is 0 Å². The van der Waals surface area contributed by atoms with Crippen LogP contribution in [0.1, 0.15) is 36.0 Å². The summed E-state index contributed by atoms with van der Waals surface area (Å²) in [5, 5.41) is 18.0. The van der Waals surface area contributed by atoms with E-state index in [2.05, 4.69) is 41.8 Å². The van der Waals surface area contributed by atoms with Gasteiger partial charge in [-0.2, -0.15) is 0 Å². The molecule has 3 N–H and O–H groups in total. The number of aliphatic carboxylic acids is 1. The third kappa shape index (κ3) is 5.26. The van der Waals surface area contributed by atoms with Crippen LogP contribution in [0, 0.1) is 13.8 Å². The molecule has 7 nitrogen and oxygen atoms in total. The van der Waals surface area contributed by atoms with E-state index in [0.717, 1.165) is 11.3 Å². The first kappa shape index (κ1) is 17.8. The number of carbonyl (C=O) groups excluding carboxylic acids is 1. The molecule has 0 fully saturated rings. The maximum absolute atomic E-state index is 11.6. The summed E-state index contributed by atoms with van der Waals surface area (Å²) in [6, 6.07) is 5.84. The van der Waals surface area contributed by atoms with Crippen molar-refractivity contribution in [2.75, 3.05) is 13.1 Å². The number of oxime groups is 1. The van der Waals surface area contributed by atoms with Crippen molar-refractivity contribution in [2.45, 2.75) is 39.2 Å². The van der Waals surface area contributed by atoms with Gasteiger partial charge in [0.15, 0.2) is 6.10 Å². The molecule has 0 bridgehead atoms. The van der Waals surface area contributed by atoms with Gasteiger partial charge < -0.3 is 20.6 Å². The molecule has 1 aliphatic heterocycles. The lowest BCUT2D eigenvalue weighted by molar-refractivity contribution is -0.137. The van der Waals surface area contributed by atoms with Crippen LogP contribution in [0.25, 0.3) is 0 Å². The first-order valence-electron chi connectivity index (χ1n) is 7.99. The standard InChI is InChI=1S/C17H23N3O4/c1-11-5-6-13(8-12(11)2)15-9-14(24-20-15)10-19-17(23)18-7-3-4-16(21)22/h5-6,8,14H,3-4,7,9-10H2,1-2H3,(H,21,22)(H2,18,19,23). The largest absolute Gasteiger partial charge is 0.481 e. The topological polar surface area (TPSA) is 100 Å². The second kappa shape index (κ2) is 8.33. The van der Waals surface area contributed by atoms with E-state index in [0.29, 0.717) is 25.9 Å². The van der Waals surface area contributed by atoms with Crippen LogP contribution in [-0.2, 0) is 9.63 Å². The van der Waals surface area contributed by atoms with Crippen LogP contribution in [0.2, 0.25) is 0 Å². The molecule has 2 rings (SSSR count). The summed E-state index contributed by atoms with van der Waals surface area (Å²) in [5.41, 5.74) is 4.36. The normalized spacial score (nSPS) is 16.2. The fourth-order valence-corrected chi connectivity index (χ4v) is 2.34. The molecule has 0 aromatic heterocycles. The molecule has 2 amide bonds. The number of nitrogens with zero attached hydrogens (tertiary/aromatic N) is 1. The quantitative estimate of drug-likeness (QED) is 0.664. The van der Waals surface area contributed by atoms with E-state index in [-0.39, 0.29) is 18.6 Å². The Morgan fingerprint density at radius 2 is 2.08 bits per heavy atom. The highest BCUT2D eigenvalue weighted by Crippen LogP contribution is 2.18. The zero-order chi connectivity index (χ0) is 17.5. The van der Waals surface area contributed by atoms with E-state index in [1.165, 1.54) is 11.1 Å². The van der Waals surface area contributed by atoms with Crippen molar-refractivity contribution in [2.24, 2.45) is 5.16 Å². The molecule has 0 aliphatic carbocycles. The molecule has 0 spiro atoms. The van der Waals surface area contributed by atoms with E-state index < -0.39 is 5.97 Å². The number of rotatable bonds is 7. The second-order valence-corrected chi connectivity index (χ2v) is 5.90. The Hall–Kier alpha value is -2.57. The first-order chi connectivity index (χ1) is 11.5. The van der Waals surface area contributed by atoms with Gasteiger partial charge >= 0.3 is 12.0 Å². The molecule has 1 heterocycles. The van der Waals surface area contributed by atoms with Gasteiger partial charge in [-0.15, -0.1) is 0 Å². The third-order valence-corrected chi connectivity index (χ3v) is 3.92. The highest BCUT2D eigenvalue weighted by Gasteiger charge is 2.22. The lowest BCUT2D eigenvalue weighted by atomic mass is 10.0. The van der Waals surface area contributed by atoms with Gasteiger partial charge in [0.2, 0.25) is 0 Å². The van der Waals surface area contributed by atoms with E-state index in [9.17, 15) is 9.59 Å². The minimum atomic E-state index is -0.868. The van der Waals surface area contributed by atoms with E-state index in [1.54, 1.807) is 0 Å². The van der Waals surface area contributed by atoms with Crippen LogP contribution in [0.15, 0.2) is 23.4 Å². The molecule has 7 heteroatoms. The summed E-state index contributed by atoms with van der Waals surface area (Å²) in [6.07, 6.45) is 0.898. The molecular formula is C17H23N3O4. The van der Waals surface area contributed by atoms with Crippen molar-refractivity contribution in [1.82, 2.24) is 10.6 Å². The molecule has 1 aliphatic rings. The summed E-state index contributed by atoms with van der Waals surface area (Å²) in [5.74, 6) is -0.868. The fraction of sp³-hybridized carbons (Fsp3) is 0.471. The molecule has 0 saturated heterocycles. The number of carbonyl (C=O) groups is 2. The Kier molecular flexibility index (Phi) is 6.17. The SMILES string of the molecule is Cc1ccc(C2=NOC(CNC(=O)NCCCC(=O)O)C2)cc1C. The van der Waals surface area contributed by atoms with Crippen LogP contribution < -0.4 is 10.6 Å². The number of urea groups is 1. The van der Waals surface area contributed by atoms with Crippen LogP contribution in [-0.4, -0.2) is 42.0 Å². The number of aryl methyl sites for hydroxylation is 2. The van der Waals surface area contributed by atoms with Crippen molar-refractivity contribution in [3.8, 4) is 0 Å². The number of benzene rings is 1. The van der Waals surface area contributed by atoms with Crippen LogP contribution >= 0.6 is 0 Å². The average molecular weight is 333 g/mol. The van der Waals surface area contributed by atoms with Gasteiger partial charge in [-0.05, 0) is 43.0 Å².